The molecule has 5 rings (SSSR count). The van der Waals surface area contributed by atoms with Gasteiger partial charge in [0.15, 0.2) is 5.69 Å². The molecule has 3 aromatic carbocycles. The number of nitrogens with zero attached hydrogens (tertiary/aromatic N) is 4. The number of carbonyl (C=O) groups excluding carboxylic acids is 2. The third kappa shape index (κ3) is 8.19. The Morgan fingerprint density at radius 1 is 1.04 bits per heavy atom. The normalized spacial score (nSPS) is 13.9. The zero-order valence-electron chi connectivity index (χ0n) is 26.7. The summed E-state index contributed by atoms with van der Waals surface area (Å²) < 4.78 is 62.7. The molecule has 48 heavy (non-hydrogen) atoms. The maximum absolute atomic E-state index is 15.2. The molecule has 4 aromatic rings. The van der Waals surface area contributed by atoms with Crippen molar-refractivity contribution in [3.63, 3.8) is 0 Å². The molecular weight excluding hydrogens is 628 g/mol. The highest BCUT2D eigenvalue weighted by atomic mass is 19.4. The van der Waals surface area contributed by atoms with Gasteiger partial charge in [0.05, 0.1) is 29.0 Å². The Balaban J connectivity index is 1.46. The average Bonchev–Trinajstić information content (AvgIpc) is 3.77. The van der Waals surface area contributed by atoms with Crippen molar-refractivity contribution in [2.45, 2.75) is 64.0 Å². The van der Waals surface area contributed by atoms with Crippen LogP contribution in [-0.4, -0.2) is 45.4 Å². The molecule has 1 atom stereocenters. The van der Waals surface area contributed by atoms with Gasteiger partial charge in [0.25, 0.3) is 5.91 Å². The number of ether oxygens (including phenoxy) is 1. The van der Waals surface area contributed by atoms with Gasteiger partial charge >= 0.3 is 12.3 Å². The van der Waals surface area contributed by atoms with Crippen molar-refractivity contribution in [3.8, 4) is 11.8 Å². The van der Waals surface area contributed by atoms with Crippen molar-refractivity contribution in [2.24, 2.45) is 0 Å². The minimum Gasteiger partial charge on any atom is -0.444 e. The second-order valence-corrected chi connectivity index (χ2v) is 12.6. The summed E-state index contributed by atoms with van der Waals surface area (Å²) in [6.45, 7) is 5.11. The zero-order chi connectivity index (χ0) is 34.8. The number of amides is 2. The molecule has 1 fully saturated rings. The van der Waals surface area contributed by atoms with Gasteiger partial charge in [-0.15, -0.1) is 0 Å². The Kier molecular flexibility index (Phi) is 9.59. The van der Waals surface area contributed by atoms with Gasteiger partial charge in [-0.2, -0.15) is 23.5 Å². The molecule has 13 heteroatoms. The van der Waals surface area contributed by atoms with Crippen LogP contribution in [0.2, 0.25) is 0 Å². The van der Waals surface area contributed by atoms with E-state index >= 15 is 4.39 Å². The van der Waals surface area contributed by atoms with Gasteiger partial charge < -0.3 is 15.4 Å². The Labute approximate surface area is 275 Å². The zero-order valence-corrected chi connectivity index (χ0v) is 26.7. The quantitative estimate of drug-likeness (QED) is 0.181. The van der Waals surface area contributed by atoms with Crippen LogP contribution in [0.3, 0.4) is 0 Å². The molecule has 250 valence electrons. The highest BCUT2D eigenvalue weighted by Gasteiger charge is 2.37. The number of hydrogen-bond donors (Lipinski definition) is 2. The Hall–Kier alpha value is -5.22. The first-order valence-electron chi connectivity index (χ1n) is 15.2. The van der Waals surface area contributed by atoms with Crippen LogP contribution in [0.1, 0.15) is 78.1 Å². The van der Waals surface area contributed by atoms with Gasteiger partial charge in [0, 0.05) is 18.7 Å². The molecule has 0 radical (unpaired) electrons. The van der Waals surface area contributed by atoms with Crippen molar-refractivity contribution in [1.82, 2.24) is 20.0 Å². The van der Waals surface area contributed by atoms with E-state index in [1.165, 1.54) is 24.3 Å². The number of alkyl halides is 3. The average molecular weight is 663 g/mol. The Bertz CT molecular complexity index is 1870. The highest BCUT2D eigenvalue weighted by Crippen LogP contribution is 2.38. The van der Waals surface area contributed by atoms with Gasteiger partial charge in [-0.05, 0) is 93.7 Å². The summed E-state index contributed by atoms with van der Waals surface area (Å²) in [6.07, 6.45) is -3.61. The first kappa shape index (κ1) is 34.1. The fourth-order valence-electron chi connectivity index (χ4n) is 5.29. The molecule has 1 heterocycles. The van der Waals surface area contributed by atoms with Crippen molar-refractivity contribution in [1.29, 1.82) is 5.26 Å². The van der Waals surface area contributed by atoms with Crippen molar-refractivity contribution in [3.05, 3.63) is 112 Å². The van der Waals surface area contributed by atoms with Gasteiger partial charge in [-0.25, -0.2) is 13.9 Å². The van der Waals surface area contributed by atoms with Crippen LogP contribution in [0.15, 0.2) is 72.8 Å². The molecule has 2 amide bonds. The van der Waals surface area contributed by atoms with E-state index in [1.54, 1.807) is 57.2 Å². The van der Waals surface area contributed by atoms with Gasteiger partial charge in [0.2, 0.25) is 0 Å². The maximum atomic E-state index is 15.2. The molecular formula is C35H34F4N6O3. The molecule has 1 saturated carbocycles. The second kappa shape index (κ2) is 13.5. The van der Waals surface area contributed by atoms with Crippen molar-refractivity contribution < 1.29 is 31.9 Å². The smallest absolute Gasteiger partial charge is 0.435 e. The summed E-state index contributed by atoms with van der Waals surface area (Å²) in [5.41, 5.74) is -0.300. The lowest BCUT2D eigenvalue weighted by molar-refractivity contribution is -0.141. The number of nitrogens with one attached hydrogen (secondary N) is 2. The van der Waals surface area contributed by atoms with E-state index in [2.05, 4.69) is 26.7 Å². The third-order valence-corrected chi connectivity index (χ3v) is 7.64. The van der Waals surface area contributed by atoms with Crippen molar-refractivity contribution >= 4 is 17.7 Å². The van der Waals surface area contributed by atoms with Crippen LogP contribution >= 0.6 is 0 Å². The molecule has 9 nitrogen and oxygen atoms in total. The van der Waals surface area contributed by atoms with E-state index < -0.39 is 41.0 Å². The summed E-state index contributed by atoms with van der Waals surface area (Å²) >= 11 is 0. The van der Waals surface area contributed by atoms with E-state index in [9.17, 15) is 28.0 Å². The molecule has 0 saturated heterocycles. The molecule has 1 unspecified atom stereocenters. The minimum absolute atomic E-state index is 0.0105. The van der Waals surface area contributed by atoms with E-state index in [-0.39, 0.29) is 30.0 Å². The summed E-state index contributed by atoms with van der Waals surface area (Å²) in [7, 11) is 1.93. The summed E-state index contributed by atoms with van der Waals surface area (Å²) in [5, 5.41) is 18.1. The summed E-state index contributed by atoms with van der Waals surface area (Å²) in [4.78, 5) is 27.8. The van der Waals surface area contributed by atoms with E-state index in [0.29, 0.717) is 22.8 Å². The predicted molar refractivity (Wildman–Crippen MR) is 170 cm³/mol. The van der Waals surface area contributed by atoms with Crippen LogP contribution in [0, 0.1) is 17.1 Å². The minimum atomic E-state index is -4.88. The Morgan fingerprint density at radius 2 is 1.75 bits per heavy atom. The largest absolute Gasteiger partial charge is 0.444 e. The number of nitriles is 1. The standard InChI is InChI=1S/C35H34F4N6O3/c1-34(2,3)48-33(47)41-20-22-8-6-10-26(16-22)45-29(18-30(43-45)35(37,38)39)32(46)42-28-17-24(11-14-27(28)36)31(44(4)25-12-13-25)23-9-5-7-21(15-23)19-40/h5-11,14-18,25,31H,12-13,20H2,1-4H3,(H,41,47)(H,42,46). The monoisotopic (exact) mass is 662 g/mol. The SMILES string of the molecule is CN(C1CC1)C(c1cccc(C#N)c1)c1ccc(F)c(NC(=O)c2cc(C(F)(F)F)nn2-c2cccc(CNC(=O)OC(C)(C)C)c2)c1. The van der Waals surface area contributed by atoms with E-state index in [0.717, 1.165) is 23.1 Å². The number of benzene rings is 3. The maximum Gasteiger partial charge on any atom is 0.435 e. The number of alkyl carbamates (subject to hydrolysis) is 1. The molecule has 0 bridgehead atoms. The number of anilines is 1. The second-order valence-electron chi connectivity index (χ2n) is 12.6. The van der Waals surface area contributed by atoms with Gasteiger partial charge in [-0.1, -0.05) is 30.3 Å². The van der Waals surface area contributed by atoms with Crippen LogP contribution in [0.25, 0.3) is 5.69 Å². The number of halogens is 4. The number of carbonyl (C=O) groups is 2. The van der Waals surface area contributed by atoms with Crippen molar-refractivity contribution in [2.75, 3.05) is 12.4 Å². The molecule has 0 aliphatic heterocycles. The first-order chi connectivity index (χ1) is 22.6. The van der Waals surface area contributed by atoms with Crippen LogP contribution in [0.4, 0.5) is 28.0 Å². The molecule has 0 spiro atoms. The number of hydrogen-bond acceptors (Lipinski definition) is 6. The van der Waals surface area contributed by atoms with Gasteiger partial charge in [0.1, 0.15) is 17.1 Å². The number of rotatable bonds is 9. The molecule has 1 aliphatic carbocycles. The molecule has 1 aliphatic rings. The van der Waals surface area contributed by atoms with Crippen LogP contribution in [-0.2, 0) is 17.5 Å². The highest BCUT2D eigenvalue weighted by molar-refractivity contribution is 6.03. The third-order valence-electron chi connectivity index (χ3n) is 7.64. The lowest BCUT2D eigenvalue weighted by Crippen LogP contribution is -2.32. The predicted octanol–water partition coefficient (Wildman–Crippen LogP) is 7.36. The Morgan fingerprint density at radius 3 is 2.42 bits per heavy atom. The summed E-state index contributed by atoms with van der Waals surface area (Å²) in [5.74, 6) is -1.81. The van der Waals surface area contributed by atoms with E-state index in [1.807, 2.05) is 13.1 Å². The fourth-order valence-corrected chi connectivity index (χ4v) is 5.29. The van der Waals surface area contributed by atoms with Gasteiger partial charge in [-0.3, -0.25) is 9.69 Å². The first-order valence-corrected chi connectivity index (χ1v) is 15.2. The number of aromatic nitrogens is 2. The lowest BCUT2D eigenvalue weighted by Gasteiger charge is -2.29. The van der Waals surface area contributed by atoms with Crippen LogP contribution < -0.4 is 10.6 Å². The molecule has 2 N–H and O–H groups in total. The van der Waals surface area contributed by atoms with E-state index in [4.69, 9.17) is 4.74 Å². The topological polar surface area (TPSA) is 112 Å². The fraction of sp³-hybridized carbons (Fsp3) is 0.314. The van der Waals surface area contributed by atoms with Crippen LogP contribution in [0.5, 0.6) is 0 Å². The summed E-state index contributed by atoms with van der Waals surface area (Å²) in [6, 6.07) is 20.0. The molecule has 1 aromatic heterocycles. The lowest BCUT2D eigenvalue weighted by atomic mass is 9.95.